The van der Waals surface area contributed by atoms with Gasteiger partial charge in [-0.25, -0.2) is 4.79 Å². The van der Waals surface area contributed by atoms with Crippen LogP contribution in [0.15, 0.2) is 42.0 Å². The predicted octanol–water partition coefficient (Wildman–Crippen LogP) is 2.46. The van der Waals surface area contributed by atoms with Crippen molar-refractivity contribution in [3.05, 3.63) is 47.5 Å². The molecule has 0 spiro atoms. The SMILES string of the molecule is CC1=CC(=O)O[C@@H]1[C@@H](C)[C@@H](O)CCOCc1ccccc1. The van der Waals surface area contributed by atoms with Gasteiger partial charge in [0.1, 0.15) is 6.10 Å². The number of carbonyl (C=O) groups is 1. The van der Waals surface area contributed by atoms with Crippen LogP contribution in [-0.4, -0.2) is 29.9 Å². The molecule has 0 saturated carbocycles. The predicted molar refractivity (Wildman–Crippen MR) is 79.5 cm³/mol. The highest BCUT2D eigenvalue weighted by atomic mass is 16.5. The lowest BCUT2D eigenvalue weighted by Gasteiger charge is -2.25. The van der Waals surface area contributed by atoms with E-state index >= 15 is 0 Å². The molecule has 0 saturated heterocycles. The van der Waals surface area contributed by atoms with E-state index in [0.717, 1.165) is 11.1 Å². The average molecular weight is 290 g/mol. The number of aliphatic hydroxyl groups is 1. The van der Waals surface area contributed by atoms with Crippen molar-refractivity contribution in [3.63, 3.8) is 0 Å². The summed E-state index contributed by atoms with van der Waals surface area (Å²) in [6, 6.07) is 9.92. The quantitative estimate of drug-likeness (QED) is 0.619. The number of cyclic esters (lactones) is 1. The minimum absolute atomic E-state index is 0.131. The van der Waals surface area contributed by atoms with Crippen molar-refractivity contribution in [1.29, 1.82) is 0 Å². The second-order valence-corrected chi connectivity index (χ2v) is 5.50. The molecule has 0 aliphatic carbocycles. The van der Waals surface area contributed by atoms with E-state index in [1.807, 2.05) is 44.2 Å². The first-order valence-electron chi connectivity index (χ1n) is 7.26. The van der Waals surface area contributed by atoms with E-state index in [1.54, 1.807) is 0 Å². The Bertz CT molecular complexity index is 495. The third-order valence-electron chi connectivity index (χ3n) is 3.79. The Hall–Kier alpha value is -1.65. The summed E-state index contributed by atoms with van der Waals surface area (Å²) < 4.78 is 10.8. The van der Waals surface area contributed by atoms with Crippen molar-refractivity contribution in [2.45, 2.75) is 39.1 Å². The summed E-state index contributed by atoms with van der Waals surface area (Å²) in [5.41, 5.74) is 1.99. The molecule has 21 heavy (non-hydrogen) atoms. The number of hydrogen-bond acceptors (Lipinski definition) is 4. The molecule has 0 amide bonds. The molecule has 0 unspecified atom stereocenters. The van der Waals surface area contributed by atoms with Gasteiger partial charge in [0.2, 0.25) is 0 Å². The Morgan fingerprint density at radius 2 is 2.05 bits per heavy atom. The van der Waals surface area contributed by atoms with Crippen LogP contribution in [-0.2, 0) is 20.9 Å². The molecule has 1 aromatic carbocycles. The molecule has 4 heteroatoms. The van der Waals surface area contributed by atoms with E-state index in [-0.39, 0.29) is 18.0 Å². The summed E-state index contributed by atoms with van der Waals surface area (Å²) in [6.07, 6.45) is 1.14. The second-order valence-electron chi connectivity index (χ2n) is 5.50. The molecule has 4 nitrogen and oxygen atoms in total. The Labute approximate surface area is 125 Å². The van der Waals surface area contributed by atoms with Crippen LogP contribution in [0.2, 0.25) is 0 Å². The minimum atomic E-state index is -0.556. The molecule has 0 aromatic heterocycles. The largest absolute Gasteiger partial charge is 0.454 e. The van der Waals surface area contributed by atoms with Crippen LogP contribution < -0.4 is 0 Å². The lowest BCUT2D eigenvalue weighted by molar-refractivity contribution is -0.142. The van der Waals surface area contributed by atoms with Crippen LogP contribution in [0.4, 0.5) is 0 Å². The fourth-order valence-corrected chi connectivity index (χ4v) is 2.48. The molecule has 0 bridgehead atoms. The van der Waals surface area contributed by atoms with Crippen LogP contribution in [0.1, 0.15) is 25.8 Å². The van der Waals surface area contributed by atoms with Gasteiger partial charge in [-0.1, -0.05) is 37.3 Å². The molecule has 0 radical (unpaired) electrons. The lowest BCUT2D eigenvalue weighted by Crippen LogP contribution is -2.31. The van der Waals surface area contributed by atoms with Crippen LogP contribution in [0, 0.1) is 5.92 Å². The van der Waals surface area contributed by atoms with Crippen molar-refractivity contribution in [1.82, 2.24) is 0 Å². The molecular weight excluding hydrogens is 268 g/mol. The summed E-state index contributed by atoms with van der Waals surface area (Å²) in [4.78, 5) is 11.2. The molecule has 1 aliphatic rings. The van der Waals surface area contributed by atoms with E-state index in [4.69, 9.17) is 9.47 Å². The van der Waals surface area contributed by atoms with Gasteiger partial charge in [0.25, 0.3) is 0 Å². The smallest absolute Gasteiger partial charge is 0.331 e. The highest BCUT2D eigenvalue weighted by Gasteiger charge is 2.32. The van der Waals surface area contributed by atoms with E-state index in [0.29, 0.717) is 19.6 Å². The molecule has 1 N–H and O–H groups in total. The Morgan fingerprint density at radius 1 is 1.33 bits per heavy atom. The maximum atomic E-state index is 11.2. The van der Waals surface area contributed by atoms with Crippen molar-refractivity contribution < 1.29 is 19.4 Å². The Kier molecular flexibility index (Phi) is 5.53. The molecule has 1 heterocycles. The number of carbonyl (C=O) groups excluding carboxylic acids is 1. The third kappa shape index (κ3) is 4.41. The average Bonchev–Trinajstić information content (AvgIpc) is 2.82. The van der Waals surface area contributed by atoms with Gasteiger partial charge in [0, 0.05) is 18.6 Å². The zero-order valence-electron chi connectivity index (χ0n) is 12.5. The maximum absolute atomic E-state index is 11.2. The standard InChI is InChI=1S/C17H22O4/c1-12-10-16(19)21-17(12)13(2)15(18)8-9-20-11-14-6-4-3-5-7-14/h3-7,10,13,15,17-18H,8-9,11H2,1-2H3/t13-,15-,17-/m0/s1. The van der Waals surface area contributed by atoms with E-state index < -0.39 is 6.10 Å². The van der Waals surface area contributed by atoms with Crippen molar-refractivity contribution in [2.75, 3.05) is 6.61 Å². The van der Waals surface area contributed by atoms with Crippen LogP contribution in [0.25, 0.3) is 0 Å². The fraction of sp³-hybridized carbons (Fsp3) is 0.471. The first-order valence-corrected chi connectivity index (χ1v) is 7.26. The topological polar surface area (TPSA) is 55.8 Å². The Morgan fingerprint density at radius 3 is 2.67 bits per heavy atom. The van der Waals surface area contributed by atoms with Gasteiger partial charge in [-0.05, 0) is 24.5 Å². The molecule has 0 fully saturated rings. The summed E-state index contributed by atoms with van der Waals surface area (Å²) in [5.74, 6) is -0.454. The van der Waals surface area contributed by atoms with Crippen molar-refractivity contribution in [2.24, 2.45) is 5.92 Å². The number of aliphatic hydroxyl groups excluding tert-OH is 1. The maximum Gasteiger partial charge on any atom is 0.331 e. The summed E-state index contributed by atoms with van der Waals surface area (Å²) in [7, 11) is 0. The summed E-state index contributed by atoms with van der Waals surface area (Å²) in [6.45, 7) is 4.76. The minimum Gasteiger partial charge on any atom is -0.454 e. The van der Waals surface area contributed by atoms with E-state index in [9.17, 15) is 9.90 Å². The summed E-state index contributed by atoms with van der Waals surface area (Å²) in [5, 5.41) is 10.2. The van der Waals surface area contributed by atoms with E-state index in [2.05, 4.69) is 0 Å². The molecule has 1 aliphatic heterocycles. The third-order valence-corrected chi connectivity index (χ3v) is 3.79. The molecule has 2 rings (SSSR count). The van der Waals surface area contributed by atoms with Gasteiger partial charge >= 0.3 is 5.97 Å². The number of hydrogen-bond donors (Lipinski definition) is 1. The van der Waals surface area contributed by atoms with Gasteiger partial charge in [-0.15, -0.1) is 0 Å². The van der Waals surface area contributed by atoms with Crippen molar-refractivity contribution >= 4 is 5.97 Å². The molecule has 114 valence electrons. The van der Waals surface area contributed by atoms with Crippen molar-refractivity contribution in [3.8, 4) is 0 Å². The number of ether oxygens (including phenoxy) is 2. The van der Waals surface area contributed by atoms with Gasteiger partial charge in [-0.3, -0.25) is 0 Å². The monoisotopic (exact) mass is 290 g/mol. The highest BCUT2D eigenvalue weighted by molar-refractivity contribution is 5.85. The highest BCUT2D eigenvalue weighted by Crippen LogP contribution is 2.25. The lowest BCUT2D eigenvalue weighted by atomic mass is 9.92. The second kappa shape index (κ2) is 7.38. The van der Waals surface area contributed by atoms with Gasteiger partial charge in [0.05, 0.1) is 12.7 Å². The summed E-state index contributed by atoms with van der Waals surface area (Å²) >= 11 is 0. The first-order chi connectivity index (χ1) is 10.1. The fourth-order valence-electron chi connectivity index (χ4n) is 2.48. The normalized spacial score (nSPS) is 20.8. The number of esters is 1. The van der Waals surface area contributed by atoms with Crippen LogP contribution in [0.3, 0.4) is 0 Å². The zero-order chi connectivity index (χ0) is 15.2. The van der Waals surface area contributed by atoms with Gasteiger partial charge in [-0.2, -0.15) is 0 Å². The molecule has 3 atom stereocenters. The molecular formula is C17H22O4. The molecule has 1 aromatic rings. The van der Waals surface area contributed by atoms with Crippen LogP contribution >= 0.6 is 0 Å². The first kappa shape index (κ1) is 15.7. The Balaban J connectivity index is 1.71. The number of benzene rings is 1. The zero-order valence-corrected chi connectivity index (χ0v) is 12.5. The van der Waals surface area contributed by atoms with Gasteiger partial charge < -0.3 is 14.6 Å². The van der Waals surface area contributed by atoms with Gasteiger partial charge in [0.15, 0.2) is 0 Å². The van der Waals surface area contributed by atoms with E-state index in [1.165, 1.54) is 6.08 Å². The van der Waals surface area contributed by atoms with Crippen LogP contribution in [0.5, 0.6) is 0 Å². The number of rotatable bonds is 7.